The van der Waals surface area contributed by atoms with Gasteiger partial charge in [-0.2, -0.15) is 0 Å². The summed E-state index contributed by atoms with van der Waals surface area (Å²) >= 11 is 0. The molecule has 6 rings (SSSR count). The standard InChI is InChI=1S/C34H26N3OP/c38-39(29-19-9-3-10-20-29,30-21-11-4-12-22-30)34-26-14-24-32(36-34)31-23-13-25-33(35-31)37(27-15-5-1-6-16-27)28-17-7-2-8-18-28/h1-26H. The predicted molar refractivity (Wildman–Crippen MR) is 162 cm³/mol. The Labute approximate surface area is 228 Å². The fourth-order valence-corrected chi connectivity index (χ4v) is 7.24. The lowest BCUT2D eigenvalue weighted by Crippen LogP contribution is -2.27. The summed E-state index contributed by atoms with van der Waals surface area (Å²) in [6, 6.07) is 51.2. The minimum absolute atomic E-state index is 0.535. The fourth-order valence-electron chi connectivity index (χ4n) is 4.69. The second kappa shape index (κ2) is 10.9. The SMILES string of the molecule is O=P(c1ccccc1)(c1ccccc1)c1cccc(-c2cccc(N(c3ccccc3)c3ccccc3)n2)n1. The first-order valence-corrected chi connectivity index (χ1v) is 14.5. The van der Waals surface area contributed by atoms with Crippen LogP contribution in [0, 0.1) is 0 Å². The molecule has 0 bridgehead atoms. The topological polar surface area (TPSA) is 46.1 Å². The van der Waals surface area contributed by atoms with Gasteiger partial charge >= 0.3 is 0 Å². The molecule has 0 unspecified atom stereocenters. The Hall–Kier alpha value is -4.79. The molecular formula is C34H26N3OP. The van der Waals surface area contributed by atoms with E-state index in [4.69, 9.17) is 9.97 Å². The van der Waals surface area contributed by atoms with Crippen LogP contribution in [-0.4, -0.2) is 9.97 Å². The highest BCUT2D eigenvalue weighted by Gasteiger charge is 2.31. The summed E-state index contributed by atoms with van der Waals surface area (Å²) in [6.45, 7) is 0. The zero-order chi connectivity index (χ0) is 26.5. The second-order valence-corrected chi connectivity index (χ2v) is 11.8. The quantitative estimate of drug-likeness (QED) is 0.207. The van der Waals surface area contributed by atoms with Crippen LogP contribution in [0.4, 0.5) is 17.2 Å². The smallest absolute Gasteiger partial charge is 0.188 e. The van der Waals surface area contributed by atoms with E-state index in [1.165, 1.54) is 0 Å². The van der Waals surface area contributed by atoms with Crippen molar-refractivity contribution in [2.75, 3.05) is 4.90 Å². The van der Waals surface area contributed by atoms with Crippen LogP contribution in [-0.2, 0) is 4.57 Å². The van der Waals surface area contributed by atoms with Crippen LogP contribution in [0.3, 0.4) is 0 Å². The van der Waals surface area contributed by atoms with E-state index in [2.05, 4.69) is 29.2 Å². The third kappa shape index (κ3) is 4.90. The Bertz CT molecular complexity index is 1640. The first kappa shape index (κ1) is 24.5. The van der Waals surface area contributed by atoms with Gasteiger partial charge in [-0.1, -0.05) is 109 Å². The lowest BCUT2D eigenvalue weighted by molar-refractivity contribution is 0.592. The molecular weight excluding hydrogens is 497 g/mol. The van der Waals surface area contributed by atoms with E-state index in [0.717, 1.165) is 27.8 Å². The number of rotatable bonds is 7. The molecule has 0 amide bonds. The van der Waals surface area contributed by atoms with Crippen molar-refractivity contribution in [2.24, 2.45) is 0 Å². The first-order valence-electron chi connectivity index (χ1n) is 12.8. The van der Waals surface area contributed by atoms with Crippen LogP contribution < -0.4 is 20.9 Å². The third-order valence-electron chi connectivity index (χ3n) is 6.55. The minimum Gasteiger partial charge on any atom is -0.307 e. The summed E-state index contributed by atoms with van der Waals surface area (Å²) in [7, 11) is -3.20. The Kier molecular flexibility index (Phi) is 6.86. The van der Waals surface area contributed by atoms with Gasteiger partial charge in [0.2, 0.25) is 0 Å². The van der Waals surface area contributed by atoms with Gasteiger partial charge in [0, 0.05) is 22.0 Å². The number of benzene rings is 4. The number of para-hydroxylation sites is 2. The molecule has 0 saturated heterocycles. The third-order valence-corrected chi connectivity index (χ3v) is 9.50. The maximum absolute atomic E-state index is 14.9. The van der Waals surface area contributed by atoms with Gasteiger partial charge in [-0.25, -0.2) is 9.97 Å². The van der Waals surface area contributed by atoms with Gasteiger partial charge in [0.1, 0.15) is 11.3 Å². The molecule has 0 atom stereocenters. The summed E-state index contributed by atoms with van der Waals surface area (Å²) < 4.78 is 14.9. The summed E-state index contributed by atoms with van der Waals surface area (Å²) in [5.41, 5.74) is 3.93. The summed E-state index contributed by atoms with van der Waals surface area (Å²) in [5, 5.41) is 1.50. The van der Waals surface area contributed by atoms with E-state index in [-0.39, 0.29) is 0 Å². The molecule has 6 aromatic rings. The van der Waals surface area contributed by atoms with Crippen molar-refractivity contribution < 1.29 is 4.57 Å². The molecule has 0 saturated carbocycles. The van der Waals surface area contributed by atoms with Gasteiger partial charge in [0.05, 0.1) is 11.4 Å². The van der Waals surface area contributed by atoms with Gasteiger partial charge in [0.15, 0.2) is 7.14 Å². The summed E-state index contributed by atoms with van der Waals surface area (Å²) in [5.74, 6) is 0.770. The Morgan fingerprint density at radius 3 is 1.38 bits per heavy atom. The second-order valence-electron chi connectivity index (χ2n) is 9.05. The Morgan fingerprint density at radius 1 is 0.436 bits per heavy atom. The average molecular weight is 524 g/mol. The molecule has 0 aliphatic heterocycles. The van der Waals surface area contributed by atoms with Gasteiger partial charge in [-0.15, -0.1) is 0 Å². The molecule has 0 N–H and O–H groups in total. The van der Waals surface area contributed by atoms with E-state index < -0.39 is 7.14 Å². The summed E-state index contributed by atoms with van der Waals surface area (Å²) in [4.78, 5) is 12.1. The fraction of sp³-hybridized carbons (Fsp3) is 0. The normalized spacial score (nSPS) is 11.2. The molecule has 39 heavy (non-hydrogen) atoms. The number of anilines is 3. The molecule has 5 heteroatoms. The molecule has 2 heterocycles. The van der Waals surface area contributed by atoms with Gasteiger partial charge in [0.25, 0.3) is 0 Å². The maximum atomic E-state index is 14.9. The van der Waals surface area contributed by atoms with Gasteiger partial charge < -0.3 is 4.57 Å². The zero-order valence-corrected chi connectivity index (χ0v) is 22.1. The molecule has 4 nitrogen and oxygen atoms in total. The van der Waals surface area contributed by atoms with Crippen molar-refractivity contribution in [3.63, 3.8) is 0 Å². The lowest BCUT2D eigenvalue weighted by Gasteiger charge is -2.24. The molecule has 0 aliphatic rings. The minimum atomic E-state index is -3.20. The number of aromatic nitrogens is 2. The Balaban J connectivity index is 1.47. The van der Waals surface area contributed by atoms with Crippen LogP contribution in [0.15, 0.2) is 158 Å². The van der Waals surface area contributed by atoms with Crippen molar-refractivity contribution in [3.05, 3.63) is 158 Å². The maximum Gasteiger partial charge on any atom is 0.188 e. The van der Waals surface area contributed by atoms with Crippen molar-refractivity contribution in [3.8, 4) is 11.4 Å². The monoisotopic (exact) mass is 523 g/mol. The molecule has 4 aromatic carbocycles. The van der Waals surface area contributed by atoms with Crippen molar-refractivity contribution >= 4 is 40.4 Å². The Morgan fingerprint density at radius 2 is 0.872 bits per heavy atom. The van der Waals surface area contributed by atoms with Gasteiger partial charge in [-0.05, 0) is 48.5 Å². The molecule has 0 fully saturated rings. The number of nitrogens with zero attached hydrogens (tertiary/aromatic N) is 3. The highest BCUT2D eigenvalue weighted by molar-refractivity contribution is 7.85. The van der Waals surface area contributed by atoms with Crippen LogP contribution >= 0.6 is 7.14 Å². The molecule has 0 spiro atoms. The lowest BCUT2D eigenvalue weighted by atomic mass is 10.2. The average Bonchev–Trinajstić information content (AvgIpc) is 3.03. The zero-order valence-electron chi connectivity index (χ0n) is 21.2. The van der Waals surface area contributed by atoms with E-state index in [0.29, 0.717) is 16.8 Å². The van der Waals surface area contributed by atoms with Crippen molar-refractivity contribution in [1.82, 2.24) is 9.97 Å². The number of pyridine rings is 2. The van der Waals surface area contributed by atoms with Crippen LogP contribution in [0.5, 0.6) is 0 Å². The highest BCUT2D eigenvalue weighted by atomic mass is 31.2. The predicted octanol–water partition coefficient (Wildman–Crippen LogP) is 7.25. The van der Waals surface area contributed by atoms with E-state index >= 15 is 0 Å². The van der Waals surface area contributed by atoms with Crippen LogP contribution in [0.1, 0.15) is 0 Å². The number of hydrogen-bond donors (Lipinski definition) is 0. The van der Waals surface area contributed by atoms with Crippen LogP contribution in [0.2, 0.25) is 0 Å². The van der Waals surface area contributed by atoms with E-state index in [1.54, 1.807) is 0 Å². The molecule has 0 aliphatic carbocycles. The molecule has 2 aromatic heterocycles. The highest BCUT2D eigenvalue weighted by Crippen LogP contribution is 2.42. The molecule has 188 valence electrons. The van der Waals surface area contributed by atoms with Crippen LogP contribution in [0.25, 0.3) is 11.4 Å². The number of hydrogen-bond acceptors (Lipinski definition) is 4. The van der Waals surface area contributed by atoms with Crippen molar-refractivity contribution in [2.45, 2.75) is 0 Å². The molecule has 0 radical (unpaired) electrons. The largest absolute Gasteiger partial charge is 0.307 e. The summed E-state index contributed by atoms with van der Waals surface area (Å²) in [6.07, 6.45) is 0. The first-order chi connectivity index (χ1) is 19.2. The van der Waals surface area contributed by atoms with E-state index in [9.17, 15) is 4.57 Å². The van der Waals surface area contributed by atoms with E-state index in [1.807, 2.05) is 133 Å². The van der Waals surface area contributed by atoms with Gasteiger partial charge in [-0.3, -0.25) is 4.90 Å². The van der Waals surface area contributed by atoms with Crippen molar-refractivity contribution in [1.29, 1.82) is 0 Å².